The summed E-state index contributed by atoms with van der Waals surface area (Å²) in [6.07, 6.45) is 4.15. The van der Waals surface area contributed by atoms with Crippen molar-refractivity contribution in [3.05, 3.63) is 21.6 Å². The molecule has 1 atom stereocenters. The van der Waals surface area contributed by atoms with E-state index >= 15 is 0 Å². The molecule has 0 N–H and O–H groups in total. The summed E-state index contributed by atoms with van der Waals surface area (Å²) in [6.45, 7) is 0. The highest BCUT2D eigenvalue weighted by Gasteiger charge is 2.20. The molecule has 2 nitrogen and oxygen atoms in total. The maximum Gasteiger partial charge on any atom is 0.146 e. The van der Waals surface area contributed by atoms with Crippen LogP contribution in [0.4, 0.5) is 0 Å². The first-order valence-electron chi connectivity index (χ1n) is 4.07. The van der Waals surface area contributed by atoms with Crippen molar-refractivity contribution in [2.75, 3.05) is 5.75 Å². The Morgan fingerprint density at radius 1 is 1.62 bits per heavy atom. The number of rotatable bonds is 1. The molecule has 0 aromatic carbocycles. The fraction of sp³-hybridized carbons (Fsp3) is 0.500. The van der Waals surface area contributed by atoms with Crippen molar-refractivity contribution in [3.63, 3.8) is 0 Å². The van der Waals surface area contributed by atoms with Gasteiger partial charge in [-0.3, -0.25) is 0 Å². The summed E-state index contributed by atoms with van der Waals surface area (Å²) in [5.74, 6) is 2.08. The minimum atomic E-state index is 0.450. The molecule has 1 aromatic rings. The minimum Gasteiger partial charge on any atom is -0.239 e. The van der Waals surface area contributed by atoms with E-state index in [9.17, 15) is 0 Å². The summed E-state index contributed by atoms with van der Waals surface area (Å²) in [6, 6.07) is 0. The maximum atomic E-state index is 5.89. The van der Waals surface area contributed by atoms with Crippen molar-refractivity contribution in [3.8, 4) is 0 Å². The van der Waals surface area contributed by atoms with E-state index in [1.165, 1.54) is 18.6 Å². The van der Waals surface area contributed by atoms with Gasteiger partial charge in [0.25, 0.3) is 0 Å². The van der Waals surface area contributed by atoms with Crippen LogP contribution in [0.1, 0.15) is 23.9 Å². The van der Waals surface area contributed by atoms with E-state index in [0.29, 0.717) is 10.4 Å². The van der Waals surface area contributed by atoms with Crippen LogP contribution in [0, 0.1) is 0 Å². The molecule has 1 aliphatic heterocycles. The molecule has 0 amide bonds. The zero-order chi connectivity index (χ0) is 9.26. The summed E-state index contributed by atoms with van der Waals surface area (Å²) in [5, 5.41) is 0.961. The number of hydrogen-bond acceptors (Lipinski definition) is 3. The SMILES string of the molecule is Clc1nc(C2CCCS2)ncc1Br. The van der Waals surface area contributed by atoms with Gasteiger partial charge in [0.2, 0.25) is 0 Å². The van der Waals surface area contributed by atoms with Crippen LogP contribution in [-0.2, 0) is 0 Å². The van der Waals surface area contributed by atoms with Crippen molar-refractivity contribution in [1.29, 1.82) is 0 Å². The molecule has 1 unspecified atom stereocenters. The maximum absolute atomic E-state index is 5.89. The third-order valence-corrected chi connectivity index (χ3v) is 4.41. The number of hydrogen-bond donors (Lipinski definition) is 0. The van der Waals surface area contributed by atoms with Crippen LogP contribution in [0.3, 0.4) is 0 Å². The van der Waals surface area contributed by atoms with Crippen molar-refractivity contribution < 1.29 is 0 Å². The lowest BCUT2D eigenvalue weighted by atomic mass is 10.2. The highest BCUT2D eigenvalue weighted by molar-refractivity contribution is 9.10. The summed E-state index contributed by atoms with van der Waals surface area (Å²) in [4.78, 5) is 8.50. The molecule has 0 spiro atoms. The van der Waals surface area contributed by atoms with E-state index in [1.54, 1.807) is 6.20 Å². The molecule has 1 aromatic heterocycles. The molecule has 2 rings (SSSR count). The Morgan fingerprint density at radius 2 is 2.46 bits per heavy atom. The molecular formula is C8H8BrClN2S. The second-order valence-electron chi connectivity index (χ2n) is 2.87. The van der Waals surface area contributed by atoms with Gasteiger partial charge in [0.1, 0.15) is 11.0 Å². The van der Waals surface area contributed by atoms with Crippen LogP contribution in [0.5, 0.6) is 0 Å². The van der Waals surface area contributed by atoms with Crippen LogP contribution in [-0.4, -0.2) is 15.7 Å². The van der Waals surface area contributed by atoms with E-state index in [-0.39, 0.29) is 0 Å². The topological polar surface area (TPSA) is 25.8 Å². The van der Waals surface area contributed by atoms with Crippen LogP contribution in [0.25, 0.3) is 0 Å². The van der Waals surface area contributed by atoms with Gasteiger partial charge in [-0.2, -0.15) is 11.8 Å². The first-order valence-corrected chi connectivity index (χ1v) is 6.29. The molecule has 0 bridgehead atoms. The molecule has 1 fully saturated rings. The van der Waals surface area contributed by atoms with E-state index in [2.05, 4.69) is 25.9 Å². The molecule has 0 aliphatic carbocycles. The minimum absolute atomic E-state index is 0.450. The Bertz CT molecular complexity index is 315. The Labute approximate surface area is 94.6 Å². The molecule has 70 valence electrons. The molecular weight excluding hydrogens is 272 g/mol. The lowest BCUT2D eigenvalue weighted by Gasteiger charge is -2.06. The van der Waals surface area contributed by atoms with Crippen molar-refractivity contribution in [2.45, 2.75) is 18.1 Å². The Hall–Kier alpha value is 0.200. The normalized spacial score (nSPS) is 22.2. The standard InChI is InChI=1S/C8H8BrClN2S/c9-5-4-11-8(12-7(5)10)6-2-1-3-13-6/h4,6H,1-3H2. The van der Waals surface area contributed by atoms with Gasteiger partial charge >= 0.3 is 0 Å². The number of nitrogens with zero attached hydrogens (tertiary/aromatic N) is 2. The van der Waals surface area contributed by atoms with Crippen LogP contribution >= 0.6 is 39.3 Å². The summed E-state index contributed by atoms with van der Waals surface area (Å²) in [7, 11) is 0. The number of halogens is 2. The quantitative estimate of drug-likeness (QED) is 0.736. The van der Waals surface area contributed by atoms with Crippen LogP contribution < -0.4 is 0 Å². The molecule has 0 saturated carbocycles. The third-order valence-electron chi connectivity index (χ3n) is 1.94. The average molecular weight is 280 g/mol. The zero-order valence-electron chi connectivity index (χ0n) is 6.83. The first-order chi connectivity index (χ1) is 6.27. The van der Waals surface area contributed by atoms with Crippen molar-refractivity contribution in [2.24, 2.45) is 0 Å². The lowest BCUT2D eigenvalue weighted by Crippen LogP contribution is -1.97. The largest absolute Gasteiger partial charge is 0.239 e. The van der Waals surface area contributed by atoms with Crippen LogP contribution in [0.2, 0.25) is 5.15 Å². The van der Waals surface area contributed by atoms with E-state index in [0.717, 1.165) is 10.3 Å². The second kappa shape index (κ2) is 4.15. The second-order valence-corrected chi connectivity index (χ2v) is 5.39. The molecule has 0 radical (unpaired) electrons. The molecule has 5 heteroatoms. The van der Waals surface area contributed by atoms with Gasteiger partial charge in [-0.05, 0) is 34.5 Å². The summed E-state index contributed by atoms with van der Waals surface area (Å²) < 4.78 is 0.765. The fourth-order valence-corrected chi connectivity index (χ4v) is 2.84. The summed E-state index contributed by atoms with van der Waals surface area (Å²) >= 11 is 11.1. The summed E-state index contributed by atoms with van der Waals surface area (Å²) in [5.41, 5.74) is 0. The fourth-order valence-electron chi connectivity index (χ4n) is 1.30. The van der Waals surface area contributed by atoms with Gasteiger partial charge in [0.15, 0.2) is 0 Å². The first kappa shape index (κ1) is 9.74. The van der Waals surface area contributed by atoms with Crippen molar-refractivity contribution >= 4 is 39.3 Å². The predicted molar refractivity (Wildman–Crippen MR) is 59.2 cm³/mol. The average Bonchev–Trinajstić information content (AvgIpc) is 2.62. The van der Waals surface area contributed by atoms with Gasteiger partial charge in [-0.15, -0.1) is 0 Å². The van der Waals surface area contributed by atoms with E-state index in [1.807, 2.05) is 11.8 Å². The Morgan fingerprint density at radius 3 is 3.08 bits per heavy atom. The van der Waals surface area contributed by atoms with Gasteiger partial charge < -0.3 is 0 Å². The Balaban J connectivity index is 2.25. The highest BCUT2D eigenvalue weighted by atomic mass is 79.9. The molecule has 13 heavy (non-hydrogen) atoms. The van der Waals surface area contributed by atoms with Gasteiger partial charge in [0, 0.05) is 6.20 Å². The highest BCUT2D eigenvalue weighted by Crippen LogP contribution is 2.38. The molecule has 2 heterocycles. The van der Waals surface area contributed by atoms with Crippen molar-refractivity contribution in [1.82, 2.24) is 9.97 Å². The van der Waals surface area contributed by atoms with E-state index in [4.69, 9.17) is 11.6 Å². The smallest absolute Gasteiger partial charge is 0.146 e. The van der Waals surface area contributed by atoms with Gasteiger partial charge in [-0.1, -0.05) is 11.6 Å². The number of thioether (sulfide) groups is 1. The van der Waals surface area contributed by atoms with Crippen LogP contribution in [0.15, 0.2) is 10.7 Å². The molecule has 1 aliphatic rings. The monoisotopic (exact) mass is 278 g/mol. The predicted octanol–water partition coefficient (Wildman–Crippen LogP) is 3.46. The lowest BCUT2D eigenvalue weighted by molar-refractivity contribution is 0.775. The Kier molecular flexibility index (Phi) is 3.11. The van der Waals surface area contributed by atoms with Gasteiger partial charge in [-0.25, -0.2) is 9.97 Å². The van der Waals surface area contributed by atoms with E-state index < -0.39 is 0 Å². The number of aromatic nitrogens is 2. The molecule has 1 saturated heterocycles. The zero-order valence-corrected chi connectivity index (χ0v) is 9.99. The van der Waals surface area contributed by atoms with Gasteiger partial charge in [0.05, 0.1) is 9.72 Å². The third kappa shape index (κ3) is 2.17.